The van der Waals surface area contributed by atoms with E-state index in [0.29, 0.717) is 31.6 Å². The van der Waals surface area contributed by atoms with Gasteiger partial charge in [-0.25, -0.2) is 9.13 Å². The topological polar surface area (TPSA) is 237 Å². The molecule has 0 aliphatic rings. The van der Waals surface area contributed by atoms with Gasteiger partial charge >= 0.3 is 39.5 Å². The molecule has 88 heavy (non-hydrogen) atoms. The summed E-state index contributed by atoms with van der Waals surface area (Å²) in [5.74, 6) is -1.46. The van der Waals surface area contributed by atoms with E-state index in [9.17, 15) is 43.2 Å². The number of carbonyl (C=O) groups is 4. The zero-order valence-electron chi connectivity index (χ0n) is 56.9. The predicted octanol–water partition coefficient (Wildman–Crippen LogP) is 19.7. The standard InChI is InChI=1S/C69H134O17P2/c1-6-9-12-15-18-20-22-24-26-27-29-31-33-35-38-44-49-54-68(73)85-64(59-80-67(72)53-48-43-37-34-32-30-28-25-23-21-19-16-13-10-7-2)60-83-87(75,76)81-56-63(70)57-82-88(77,78)84-61-65(58-79-66(71)52-47-42-36-17-14-11-8-3)86-69(74)55-50-45-40-39-41-46-51-62(4)5/h62-65,70H,6-61H2,1-5H3,(H,75,76)(H,77,78)/t63-,64-,65-/m1/s1. The highest BCUT2D eigenvalue weighted by Gasteiger charge is 2.30. The number of ether oxygens (including phenoxy) is 4. The molecular formula is C69H134O17P2. The first-order valence-electron chi connectivity index (χ1n) is 36.1. The number of hydrogen-bond donors (Lipinski definition) is 3. The van der Waals surface area contributed by atoms with E-state index in [0.717, 1.165) is 103 Å². The second-order valence-electron chi connectivity index (χ2n) is 25.4. The number of phosphoric acid groups is 2. The number of unbranched alkanes of at least 4 members (excludes halogenated alkanes) is 41. The lowest BCUT2D eigenvalue weighted by molar-refractivity contribution is -0.161. The molecule has 0 heterocycles. The molecule has 0 saturated carbocycles. The van der Waals surface area contributed by atoms with Crippen LogP contribution >= 0.6 is 15.6 Å². The van der Waals surface area contributed by atoms with Crippen molar-refractivity contribution < 1.29 is 80.2 Å². The van der Waals surface area contributed by atoms with Crippen LogP contribution in [0.15, 0.2) is 0 Å². The molecule has 0 aliphatic carbocycles. The Morgan fingerprint density at radius 3 is 0.773 bits per heavy atom. The zero-order valence-corrected chi connectivity index (χ0v) is 58.6. The zero-order chi connectivity index (χ0) is 64.9. The van der Waals surface area contributed by atoms with Crippen molar-refractivity contribution in [3.8, 4) is 0 Å². The Labute approximate surface area is 537 Å². The Bertz CT molecular complexity index is 1700. The van der Waals surface area contributed by atoms with Crippen molar-refractivity contribution in [2.75, 3.05) is 39.6 Å². The Morgan fingerprint density at radius 2 is 0.523 bits per heavy atom. The molecule has 0 aliphatic heterocycles. The maximum Gasteiger partial charge on any atom is 0.472 e. The first-order chi connectivity index (χ1) is 42.5. The Morgan fingerprint density at radius 1 is 0.307 bits per heavy atom. The van der Waals surface area contributed by atoms with Gasteiger partial charge < -0.3 is 33.8 Å². The Kier molecular flexibility index (Phi) is 61.1. The maximum atomic E-state index is 13.0. The molecule has 0 saturated heterocycles. The molecular weight excluding hydrogens is 1160 g/mol. The molecule has 522 valence electrons. The van der Waals surface area contributed by atoms with Crippen LogP contribution in [0.4, 0.5) is 0 Å². The third-order valence-electron chi connectivity index (χ3n) is 16.0. The summed E-state index contributed by atoms with van der Waals surface area (Å²) < 4.78 is 68.1. The number of aliphatic hydroxyl groups excluding tert-OH is 1. The molecule has 0 spiro atoms. The molecule has 17 nitrogen and oxygen atoms in total. The van der Waals surface area contributed by atoms with Crippen LogP contribution in [0.2, 0.25) is 0 Å². The number of hydrogen-bond acceptors (Lipinski definition) is 15. The first-order valence-corrected chi connectivity index (χ1v) is 39.1. The average molecular weight is 1300 g/mol. The fourth-order valence-corrected chi connectivity index (χ4v) is 12.0. The molecule has 2 unspecified atom stereocenters. The van der Waals surface area contributed by atoms with E-state index in [-0.39, 0.29) is 25.7 Å². The lowest BCUT2D eigenvalue weighted by Gasteiger charge is -2.21. The van der Waals surface area contributed by atoms with Gasteiger partial charge in [-0.2, -0.15) is 0 Å². The third-order valence-corrected chi connectivity index (χ3v) is 17.9. The smallest absolute Gasteiger partial charge is 0.462 e. The summed E-state index contributed by atoms with van der Waals surface area (Å²) in [7, 11) is -9.89. The summed E-state index contributed by atoms with van der Waals surface area (Å²) >= 11 is 0. The fraction of sp³-hybridized carbons (Fsp3) is 0.942. The van der Waals surface area contributed by atoms with Crippen molar-refractivity contribution in [3.63, 3.8) is 0 Å². The summed E-state index contributed by atoms with van der Waals surface area (Å²) in [6.45, 7) is 7.11. The van der Waals surface area contributed by atoms with Crippen molar-refractivity contribution in [1.82, 2.24) is 0 Å². The molecule has 0 bridgehead atoms. The van der Waals surface area contributed by atoms with E-state index >= 15 is 0 Å². The van der Waals surface area contributed by atoms with E-state index in [2.05, 4.69) is 34.6 Å². The van der Waals surface area contributed by atoms with E-state index < -0.39 is 97.5 Å². The van der Waals surface area contributed by atoms with Gasteiger partial charge in [0.25, 0.3) is 0 Å². The van der Waals surface area contributed by atoms with Gasteiger partial charge in [-0.3, -0.25) is 37.3 Å². The van der Waals surface area contributed by atoms with Gasteiger partial charge in [0, 0.05) is 25.7 Å². The normalized spacial score (nSPS) is 14.1. The molecule has 0 aromatic heterocycles. The Balaban J connectivity index is 5.18. The highest BCUT2D eigenvalue weighted by Crippen LogP contribution is 2.45. The number of aliphatic hydroxyl groups is 1. The second kappa shape index (κ2) is 62.5. The SMILES string of the molecule is CCCCCCCCCCCCCCCCCCCC(=O)O[C@H](COC(=O)CCCCCCCCCCCCCCCCC)COP(=O)(O)OC[C@@H](O)COP(=O)(O)OC[C@@H](COC(=O)CCCCCCCCC)OC(=O)CCCCCCCCC(C)C. The molecule has 0 aromatic rings. The van der Waals surface area contributed by atoms with Gasteiger partial charge in [-0.15, -0.1) is 0 Å². The molecule has 0 fully saturated rings. The predicted molar refractivity (Wildman–Crippen MR) is 354 cm³/mol. The molecule has 0 amide bonds. The van der Waals surface area contributed by atoms with Crippen molar-refractivity contribution in [3.05, 3.63) is 0 Å². The van der Waals surface area contributed by atoms with Crippen LogP contribution in [-0.4, -0.2) is 96.7 Å². The molecule has 5 atom stereocenters. The molecule has 19 heteroatoms. The van der Waals surface area contributed by atoms with Crippen LogP contribution in [0.25, 0.3) is 0 Å². The molecule has 0 radical (unpaired) electrons. The van der Waals surface area contributed by atoms with Crippen molar-refractivity contribution in [2.24, 2.45) is 5.92 Å². The maximum absolute atomic E-state index is 13.0. The van der Waals surface area contributed by atoms with Crippen molar-refractivity contribution >= 4 is 39.5 Å². The van der Waals surface area contributed by atoms with Gasteiger partial charge in [0.1, 0.15) is 19.3 Å². The summed E-state index contributed by atoms with van der Waals surface area (Å²) in [5.41, 5.74) is 0. The molecule has 0 aromatic carbocycles. The van der Waals surface area contributed by atoms with Gasteiger partial charge in [0.05, 0.1) is 26.4 Å². The molecule has 3 N–H and O–H groups in total. The lowest BCUT2D eigenvalue weighted by Crippen LogP contribution is -2.30. The van der Waals surface area contributed by atoms with Gasteiger partial charge in [0.15, 0.2) is 12.2 Å². The van der Waals surface area contributed by atoms with Crippen molar-refractivity contribution in [2.45, 2.75) is 374 Å². The minimum absolute atomic E-state index is 0.102. The van der Waals surface area contributed by atoms with Crippen LogP contribution in [0.3, 0.4) is 0 Å². The highest BCUT2D eigenvalue weighted by molar-refractivity contribution is 7.47. The summed E-state index contributed by atoms with van der Waals surface area (Å²) in [6, 6.07) is 0. The lowest BCUT2D eigenvalue weighted by atomic mass is 10.0. The van der Waals surface area contributed by atoms with Gasteiger partial charge in [0.2, 0.25) is 0 Å². The van der Waals surface area contributed by atoms with Gasteiger partial charge in [-0.1, -0.05) is 304 Å². The van der Waals surface area contributed by atoms with E-state index in [1.807, 2.05) is 0 Å². The van der Waals surface area contributed by atoms with Crippen LogP contribution in [0, 0.1) is 5.92 Å². The summed E-state index contributed by atoms with van der Waals surface area (Å²) in [5, 5.41) is 10.6. The monoisotopic (exact) mass is 1300 g/mol. The number of carbonyl (C=O) groups excluding carboxylic acids is 4. The minimum atomic E-state index is -4.95. The van der Waals surface area contributed by atoms with E-state index in [1.54, 1.807) is 0 Å². The summed E-state index contributed by atoms with van der Waals surface area (Å²) in [6.07, 6.45) is 48.9. The fourth-order valence-electron chi connectivity index (χ4n) is 10.5. The Hall–Kier alpha value is -1.94. The largest absolute Gasteiger partial charge is 0.472 e. The van der Waals surface area contributed by atoms with Crippen molar-refractivity contribution in [1.29, 1.82) is 0 Å². The van der Waals surface area contributed by atoms with Crippen LogP contribution in [-0.2, 0) is 65.4 Å². The number of esters is 4. The number of phosphoric ester groups is 2. The third kappa shape index (κ3) is 62.8. The van der Waals surface area contributed by atoms with Crippen LogP contribution < -0.4 is 0 Å². The van der Waals surface area contributed by atoms with Gasteiger partial charge in [-0.05, 0) is 31.6 Å². The minimum Gasteiger partial charge on any atom is -0.462 e. The quantitative estimate of drug-likeness (QED) is 0.0222. The van der Waals surface area contributed by atoms with Crippen LogP contribution in [0.1, 0.15) is 356 Å². The average Bonchev–Trinajstić information content (AvgIpc) is 3.63. The summed E-state index contributed by atoms with van der Waals surface area (Å²) in [4.78, 5) is 72.3. The second-order valence-corrected chi connectivity index (χ2v) is 28.3. The van der Waals surface area contributed by atoms with Crippen LogP contribution in [0.5, 0.6) is 0 Å². The highest BCUT2D eigenvalue weighted by atomic mass is 31.2. The van der Waals surface area contributed by atoms with E-state index in [4.69, 9.17) is 37.0 Å². The van der Waals surface area contributed by atoms with E-state index in [1.165, 1.54) is 167 Å². The molecule has 0 rings (SSSR count). The number of rotatable bonds is 69. The first kappa shape index (κ1) is 86.1.